The van der Waals surface area contributed by atoms with E-state index in [9.17, 15) is 4.79 Å². The summed E-state index contributed by atoms with van der Waals surface area (Å²) < 4.78 is 5.49. The Bertz CT molecular complexity index is 229. The van der Waals surface area contributed by atoms with Gasteiger partial charge in [0.1, 0.15) is 6.10 Å². The molecule has 15 heavy (non-hydrogen) atoms. The average Bonchev–Trinajstić information content (AvgIpc) is 3.03. The summed E-state index contributed by atoms with van der Waals surface area (Å²) >= 11 is 0. The number of carbonyl (C=O) groups excluding carboxylic acids is 1. The van der Waals surface area contributed by atoms with Crippen molar-refractivity contribution < 1.29 is 9.53 Å². The molecule has 86 valence electrons. The molecule has 0 aromatic carbocycles. The van der Waals surface area contributed by atoms with E-state index in [-0.39, 0.29) is 12.0 Å². The lowest BCUT2D eigenvalue weighted by molar-refractivity contribution is -0.153. The molecule has 1 atom stereocenters. The molecule has 0 radical (unpaired) electrons. The summed E-state index contributed by atoms with van der Waals surface area (Å²) in [6, 6.07) is 0. The van der Waals surface area contributed by atoms with Crippen LogP contribution in [0.4, 0.5) is 0 Å². The van der Waals surface area contributed by atoms with Gasteiger partial charge in [0.25, 0.3) is 5.91 Å². The van der Waals surface area contributed by atoms with Gasteiger partial charge >= 0.3 is 0 Å². The first-order chi connectivity index (χ1) is 7.31. The van der Waals surface area contributed by atoms with E-state index in [0.29, 0.717) is 6.61 Å². The van der Waals surface area contributed by atoms with Gasteiger partial charge in [0, 0.05) is 13.1 Å². The van der Waals surface area contributed by atoms with Crippen LogP contribution in [0.25, 0.3) is 0 Å². The average molecular weight is 212 g/mol. The highest BCUT2D eigenvalue weighted by molar-refractivity contribution is 5.81. The third-order valence-electron chi connectivity index (χ3n) is 3.10. The van der Waals surface area contributed by atoms with Gasteiger partial charge in [-0.3, -0.25) is 4.79 Å². The summed E-state index contributed by atoms with van der Waals surface area (Å²) in [6.45, 7) is 3.28. The summed E-state index contributed by atoms with van der Waals surface area (Å²) in [6.07, 6.45) is 3.18. The predicted molar refractivity (Wildman–Crippen MR) is 57.6 cm³/mol. The van der Waals surface area contributed by atoms with Crippen LogP contribution < -0.4 is 5.32 Å². The van der Waals surface area contributed by atoms with E-state index in [2.05, 4.69) is 5.32 Å². The number of nitrogens with zero attached hydrogens (tertiary/aromatic N) is 1. The fourth-order valence-corrected chi connectivity index (χ4v) is 1.97. The Labute approximate surface area is 91.0 Å². The van der Waals surface area contributed by atoms with Gasteiger partial charge in [-0.25, -0.2) is 0 Å². The van der Waals surface area contributed by atoms with E-state index in [0.717, 1.165) is 32.0 Å². The molecule has 4 nitrogen and oxygen atoms in total. The maximum atomic E-state index is 12.0. The van der Waals surface area contributed by atoms with E-state index >= 15 is 0 Å². The molecule has 1 saturated heterocycles. The highest BCUT2D eigenvalue weighted by atomic mass is 16.5. The molecule has 1 heterocycles. The Morgan fingerprint density at radius 2 is 2.33 bits per heavy atom. The van der Waals surface area contributed by atoms with Gasteiger partial charge in [-0.2, -0.15) is 0 Å². The van der Waals surface area contributed by atoms with Crippen molar-refractivity contribution in [3.05, 3.63) is 0 Å². The molecular formula is C11H20N2O2. The third-order valence-corrected chi connectivity index (χ3v) is 3.10. The zero-order chi connectivity index (χ0) is 10.7. The Kier molecular flexibility index (Phi) is 3.59. The predicted octanol–water partition coefficient (Wildman–Crippen LogP) is 0.233. The monoisotopic (exact) mass is 212 g/mol. The molecule has 0 aromatic heterocycles. The van der Waals surface area contributed by atoms with E-state index < -0.39 is 0 Å². The van der Waals surface area contributed by atoms with Crippen molar-refractivity contribution >= 4 is 5.91 Å². The first kappa shape index (κ1) is 10.9. The zero-order valence-electron chi connectivity index (χ0n) is 9.37. The van der Waals surface area contributed by atoms with Crippen LogP contribution in [0.15, 0.2) is 0 Å². The molecule has 2 fully saturated rings. The Balaban J connectivity index is 1.81. The lowest BCUT2D eigenvalue weighted by atomic mass is 10.2. The van der Waals surface area contributed by atoms with Gasteiger partial charge in [-0.15, -0.1) is 0 Å². The molecule has 0 spiro atoms. The lowest BCUT2D eigenvalue weighted by Crippen LogP contribution is -2.49. The van der Waals surface area contributed by atoms with E-state index in [1.54, 1.807) is 0 Å². The van der Waals surface area contributed by atoms with Gasteiger partial charge in [0.15, 0.2) is 0 Å². The molecule has 1 saturated carbocycles. The zero-order valence-corrected chi connectivity index (χ0v) is 9.37. The van der Waals surface area contributed by atoms with Crippen LogP contribution >= 0.6 is 0 Å². The Hall–Kier alpha value is -0.610. The van der Waals surface area contributed by atoms with Crippen molar-refractivity contribution in [3.8, 4) is 0 Å². The molecule has 0 aromatic rings. The van der Waals surface area contributed by atoms with Crippen molar-refractivity contribution in [2.24, 2.45) is 5.92 Å². The third kappa shape index (κ3) is 2.92. The number of hydrogen-bond donors (Lipinski definition) is 1. The standard InChI is InChI=1S/C11H20N2O2/c1-12-5-4-10-11(14)13(6-7-15-10)8-9-2-3-9/h9-10,12H,2-8H2,1H3/t10-/m1/s1. The molecule has 0 unspecified atom stereocenters. The number of hydrogen-bond acceptors (Lipinski definition) is 3. The minimum atomic E-state index is -0.204. The van der Waals surface area contributed by atoms with Gasteiger partial charge in [0.2, 0.25) is 0 Å². The summed E-state index contributed by atoms with van der Waals surface area (Å²) in [7, 11) is 1.90. The first-order valence-electron chi connectivity index (χ1n) is 5.86. The van der Waals surface area contributed by atoms with E-state index in [1.165, 1.54) is 12.8 Å². The van der Waals surface area contributed by atoms with Crippen LogP contribution in [0.3, 0.4) is 0 Å². The topological polar surface area (TPSA) is 41.6 Å². The fourth-order valence-electron chi connectivity index (χ4n) is 1.97. The highest BCUT2D eigenvalue weighted by Crippen LogP contribution is 2.30. The minimum absolute atomic E-state index is 0.198. The Morgan fingerprint density at radius 3 is 3.00 bits per heavy atom. The number of ether oxygens (including phenoxy) is 1. The molecule has 1 amide bonds. The smallest absolute Gasteiger partial charge is 0.251 e. The number of carbonyl (C=O) groups is 1. The summed E-state index contributed by atoms with van der Waals surface area (Å²) in [5.74, 6) is 0.973. The molecule has 1 N–H and O–H groups in total. The van der Waals surface area contributed by atoms with E-state index in [1.807, 2.05) is 11.9 Å². The molecule has 2 aliphatic rings. The van der Waals surface area contributed by atoms with Crippen molar-refractivity contribution in [1.82, 2.24) is 10.2 Å². The number of rotatable bonds is 5. The quantitative estimate of drug-likeness (QED) is 0.709. The minimum Gasteiger partial charge on any atom is -0.366 e. The maximum Gasteiger partial charge on any atom is 0.251 e. The SMILES string of the molecule is CNCC[C@H]1OCCN(CC2CC2)C1=O. The second kappa shape index (κ2) is 4.94. The molecule has 0 bridgehead atoms. The highest BCUT2D eigenvalue weighted by Gasteiger charge is 2.33. The van der Waals surface area contributed by atoms with Crippen molar-refractivity contribution in [1.29, 1.82) is 0 Å². The summed E-state index contributed by atoms with van der Waals surface area (Å²) in [5.41, 5.74) is 0. The maximum absolute atomic E-state index is 12.0. The Morgan fingerprint density at radius 1 is 1.53 bits per heavy atom. The molecule has 2 rings (SSSR count). The number of nitrogens with one attached hydrogen (secondary N) is 1. The van der Waals surface area contributed by atoms with Gasteiger partial charge < -0.3 is 15.0 Å². The summed E-state index contributed by atoms with van der Waals surface area (Å²) in [5, 5.41) is 3.05. The van der Waals surface area contributed by atoms with Crippen LogP contribution in [0, 0.1) is 5.92 Å². The van der Waals surface area contributed by atoms with Gasteiger partial charge in [0.05, 0.1) is 6.61 Å². The number of morpholine rings is 1. The number of amides is 1. The van der Waals surface area contributed by atoms with Crippen LogP contribution in [0.1, 0.15) is 19.3 Å². The molecular weight excluding hydrogens is 192 g/mol. The second-order valence-corrected chi connectivity index (χ2v) is 4.48. The lowest BCUT2D eigenvalue weighted by Gasteiger charge is -2.32. The van der Waals surface area contributed by atoms with Crippen LogP contribution in [0.2, 0.25) is 0 Å². The van der Waals surface area contributed by atoms with Crippen molar-refractivity contribution in [3.63, 3.8) is 0 Å². The second-order valence-electron chi connectivity index (χ2n) is 4.48. The molecule has 4 heteroatoms. The van der Waals surface area contributed by atoms with Crippen molar-refractivity contribution in [2.45, 2.75) is 25.4 Å². The van der Waals surface area contributed by atoms with Crippen LogP contribution in [0.5, 0.6) is 0 Å². The first-order valence-corrected chi connectivity index (χ1v) is 5.86. The normalized spacial score (nSPS) is 27.1. The largest absolute Gasteiger partial charge is 0.366 e. The van der Waals surface area contributed by atoms with Gasteiger partial charge in [-0.05, 0) is 38.8 Å². The van der Waals surface area contributed by atoms with Gasteiger partial charge in [-0.1, -0.05) is 0 Å². The van der Waals surface area contributed by atoms with Crippen LogP contribution in [-0.2, 0) is 9.53 Å². The van der Waals surface area contributed by atoms with Crippen LogP contribution in [-0.4, -0.2) is 50.2 Å². The van der Waals surface area contributed by atoms with E-state index in [4.69, 9.17) is 4.74 Å². The fraction of sp³-hybridized carbons (Fsp3) is 0.909. The molecule has 1 aliphatic heterocycles. The molecule has 1 aliphatic carbocycles. The summed E-state index contributed by atoms with van der Waals surface area (Å²) in [4.78, 5) is 14.0. The van der Waals surface area contributed by atoms with Crippen molar-refractivity contribution in [2.75, 3.05) is 33.3 Å².